The molecule has 158 valence electrons. The molecule has 0 bridgehead atoms. The third-order valence-corrected chi connectivity index (χ3v) is 4.17. The number of benzene rings is 3. The van der Waals surface area contributed by atoms with Gasteiger partial charge < -0.3 is 15.4 Å². The molecule has 0 spiro atoms. The number of hydrogen-bond donors (Lipinski definition) is 2. The molecule has 0 atom stereocenters. The van der Waals surface area contributed by atoms with E-state index >= 15 is 0 Å². The molecule has 3 rings (SSSR count). The highest BCUT2D eigenvalue weighted by molar-refractivity contribution is 5.99. The van der Waals surface area contributed by atoms with Crippen molar-refractivity contribution in [3.63, 3.8) is 0 Å². The van der Waals surface area contributed by atoms with Crippen molar-refractivity contribution in [2.24, 2.45) is 0 Å². The van der Waals surface area contributed by atoms with Crippen molar-refractivity contribution in [3.05, 3.63) is 89.0 Å². The lowest BCUT2D eigenvalue weighted by Crippen LogP contribution is -2.20. The maximum Gasteiger partial charge on any atom is 0.419 e. The summed E-state index contributed by atoms with van der Waals surface area (Å²) in [6.07, 6.45) is -4.88. The highest BCUT2D eigenvalue weighted by atomic mass is 19.4. The molecule has 9 heteroatoms. The first-order chi connectivity index (χ1) is 14.7. The van der Waals surface area contributed by atoms with Crippen molar-refractivity contribution in [2.75, 3.05) is 10.6 Å². The van der Waals surface area contributed by atoms with Gasteiger partial charge in [-0.15, -0.1) is 0 Å². The topological polar surface area (TPSA) is 54.7 Å². The summed E-state index contributed by atoms with van der Waals surface area (Å²) in [7, 11) is 0. The number of ether oxygens (including phenoxy) is 1. The van der Waals surface area contributed by atoms with Gasteiger partial charge in [-0.05, 0) is 48.9 Å². The quantitative estimate of drug-likeness (QED) is 0.342. The van der Waals surface area contributed by atoms with Gasteiger partial charge in [0.05, 0.1) is 12.1 Å². The Bertz CT molecular complexity index is 1150. The summed E-state index contributed by atoms with van der Waals surface area (Å²) in [5.74, 6) is -0.499. The van der Waals surface area contributed by atoms with Crippen molar-refractivity contribution in [2.45, 2.75) is 13.1 Å². The molecule has 0 unspecified atom stereocenters. The molecule has 2 N–H and O–H groups in total. The Morgan fingerprint density at radius 1 is 0.968 bits per heavy atom. The lowest BCUT2D eigenvalue weighted by Gasteiger charge is -2.13. The summed E-state index contributed by atoms with van der Waals surface area (Å²) in [6, 6.07) is 12.7. The van der Waals surface area contributed by atoms with Crippen molar-refractivity contribution >= 4 is 23.1 Å². The van der Waals surface area contributed by atoms with Crippen molar-refractivity contribution in [1.82, 2.24) is 0 Å². The SMILES string of the molecule is [C-]#[N+]c1ccc(Oc2cc(NC(=O)Nc3ccc(F)c(C(F)(F)F)c3)ccc2C)cc1. The van der Waals surface area contributed by atoms with Crippen LogP contribution in [-0.4, -0.2) is 6.03 Å². The molecular weight excluding hydrogens is 414 g/mol. The number of nitrogens with one attached hydrogen (secondary N) is 2. The lowest BCUT2D eigenvalue weighted by molar-refractivity contribution is -0.139. The maximum atomic E-state index is 13.4. The Kier molecular flexibility index (Phi) is 6.11. The molecule has 0 aromatic heterocycles. The molecule has 3 aromatic rings. The van der Waals surface area contributed by atoms with Gasteiger partial charge in [-0.3, -0.25) is 0 Å². The van der Waals surface area contributed by atoms with E-state index in [0.717, 1.165) is 11.6 Å². The molecule has 0 aliphatic rings. The first kappa shape index (κ1) is 21.6. The van der Waals surface area contributed by atoms with E-state index < -0.39 is 23.6 Å². The minimum Gasteiger partial charge on any atom is -0.457 e. The minimum absolute atomic E-state index is 0.213. The number of amides is 2. The van der Waals surface area contributed by atoms with Gasteiger partial charge in [0.1, 0.15) is 17.3 Å². The van der Waals surface area contributed by atoms with Crippen LogP contribution in [0.25, 0.3) is 4.85 Å². The molecule has 0 aliphatic heterocycles. The van der Waals surface area contributed by atoms with Crippen LogP contribution in [0.15, 0.2) is 60.7 Å². The van der Waals surface area contributed by atoms with Gasteiger partial charge in [0.2, 0.25) is 0 Å². The van der Waals surface area contributed by atoms with Crippen LogP contribution in [0.1, 0.15) is 11.1 Å². The lowest BCUT2D eigenvalue weighted by atomic mass is 10.2. The predicted octanol–water partition coefficient (Wildman–Crippen LogP) is 7.14. The maximum absolute atomic E-state index is 13.4. The highest BCUT2D eigenvalue weighted by Gasteiger charge is 2.34. The molecule has 3 aromatic carbocycles. The van der Waals surface area contributed by atoms with E-state index in [1.807, 2.05) is 0 Å². The zero-order valence-electron chi connectivity index (χ0n) is 16.0. The molecule has 2 amide bonds. The fourth-order valence-electron chi connectivity index (χ4n) is 2.62. The summed E-state index contributed by atoms with van der Waals surface area (Å²) in [5, 5.41) is 4.73. The summed E-state index contributed by atoms with van der Waals surface area (Å²) in [5.41, 5.74) is -0.122. The third-order valence-electron chi connectivity index (χ3n) is 4.17. The van der Waals surface area contributed by atoms with Gasteiger partial charge in [0, 0.05) is 17.4 Å². The monoisotopic (exact) mass is 429 g/mol. The Labute approximate surface area is 175 Å². The molecule has 0 fully saturated rings. The second-order valence-electron chi connectivity index (χ2n) is 6.46. The highest BCUT2D eigenvalue weighted by Crippen LogP contribution is 2.33. The van der Waals surface area contributed by atoms with Crippen LogP contribution in [0.4, 0.5) is 39.4 Å². The minimum atomic E-state index is -4.88. The Hall–Kier alpha value is -4.06. The average molecular weight is 429 g/mol. The average Bonchev–Trinajstić information content (AvgIpc) is 2.71. The summed E-state index contributed by atoms with van der Waals surface area (Å²) < 4.78 is 57.6. The van der Waals surface area contributed by atoms with E-state index in [1.54, 1.807) is 49.4 Å². The first-order valence-electron chi connectivity index (χ1n) is 8.86. The number of anilines is 2. The normalized spacial score (nSPS) is 10.8. The fourth-order valence-corrected chi connectivity index (χ4v) is 2.62. The van der Waals surface area contributed by atoms with Crippen LogP contribution in [0, 0.1) is 19.3 Å². The van der Waals surface area contributed by atoms with Gasteiger partial charge in [0.25, 0.3) is 0 Å². The molecule has 0 radical (unpaired) electrons. The first-order valence-corrected chi connectivity index (χ1v) is 8.86. The molecule has 0 saturated heterocycles. The van der Waals surface area contributed by atoms with Crippen molar-refractivity contribution in [3.8, 4) is 11.5 Å². The van der Waals surface area contributed by atoms with Crippen molar-refractivity contribution < 1.29 is 27.1 Å². The Morgan fingerprint density at radius 2 is 1.58 bits per heavy atom. The van der Waals surface area contributed by atoms with Crippen LogP contribution < -0.4 is 15.4 Å². The van der Waals surface area contributed by atoms with E-state index in [1.165, 1.54) is 0 Å². The molecule has 0 aliphatic carbocycles. The number of rotatable bonds is 4. The zero-order valence-corrected chi connectivity index (χ0v) is 16.0. The number of nitrogens with zero attached hydrogens (tertiary/aromatic N) is 1. The largest absolute Gasteiger partial charge is 0.457 e. The van der Waals surface area contributed by atoms with Gasteiger partial charge in [0.15, 0.2) is 5.69 Å². The molecule has 0 saturated carbocycles. The van der Waals surface area contributed by atoms with E-state index in [-0.39, 0.29) is 5.69 Å². The number of carbonyl (C=O) groups excluding carboxylic acids is 1. The number of alkyl halides is 3. The van der Waals surface area contributed by atoms with E-state index in [2.05, 4.69) is 15.5 Å². The zero-order chi connectivity index (χ0) is 22.6. The molecular formula is C22H15F4N3O2. The molecule has 5 nitrogen and oxygen atoms in total. The summed E-state index contributed by atoms with van der Waals surface area (Å²) >= 11 is 0. The second kappa shape index (κ2) is 8.75. The predicted molar refractivity (Wildman–Crippen MR) is 108 cm³/mol. The van der Waals surface area contributed by atoms with Gasteiger partial charge >= 0.3 is 12.2 Å². The number of urea groups is 1. The summed E-state index contributed by atoms with van der Waals surface area (Å²) in [4.78, 5) is 15.5. The van der Waals surface area contributed by atoms with E-state index in [9.17, 15) is 22.4 Å². The van der Waals surface area contributed by atoms with Crippen LogP contribution >= 0.6 is 0 Å². The third kappa shape index (κ3) is 5.51. The Balaban J connectivity index is 1.72. The number of hydrogen-bond acceptors (Lipinski definition) is 2. The van der Waals surface area contributed by atoms with Crippen LogP contribution in [-0.2, 0) is 6.18 Å². The van der Waals surface area contributed by atoms with Gasteiger partial charge in [-0.2, -0.15) is 13.2 Å². The second-order valence-corrected chi connectivity index (χ2v) is 6.46. The molecule has 31 heavy (non-hydrogen) atoms. The summed E-state index contributed by atoms with van der Waals surface area (Å²) in [6.45, 7) is 8.76. The number of carbonyl (C=O) groups is 1. The molecule has 0 heterocycles. The van der Waals surface area contributed by atoms with Crippen LogP contribution in [0.3, 0.4) is 0 Å². The number of halogens is 4. The van der Waals surface area contributed by atoms with E-state index in [0.29, 0.717) is 35.0 Å². The van der Waals surface area contributed by atoms with Gasteiger partial charge in [-0.25, -0.2) is 14.0 Å². The van der Waals surface area contributed by atoms with Crippen molar-refractivity contribution in [1.29, 1.82) is 0 Å². The fraction of sp³-hybridized carbons (Fsp3) is 0.0909. The standard InChI is InChI=1S/C22H15F4N3O2/c1-13-3-4-16(12-20(13)31-17-8-5-14(27-2)6-9-17)29-21(30)28-15-7-10-19(23)18(11-15)22(24,25)26/h3-12H,1H3,(H2,28,29,30). The van der Waals surface area contributed by atoms with Gasteiger partial charge in [-0.1, -0.05) is 18.2 Å². The smallest absolute Gasteiger partial charge is 0.419 e. The van der Waals surface area contributed by atoms with Crippen LogP contribution in [0.5, 0.6) is 11.5 Å². The van der Waals surface area contributed by atoms with E-state index in [4.69, 9.17) is 11.3 Å². The number of aryl methyl sites for hydroxylation is 1. The van der Waals surface area contributed by atoms with Crippen LogP contribution in [0.2, 0.25) is 0 Å². The Morgan fingerprint density at radius 3 is 2.19 bits per heavy atom.